The van der Waals surface area contributed by atoms with E-state index in [1.165, 1.54) is 23.3 Å². The molecule has 0 spiro atoms. The van der Waals surface area contributed by atoms with Gasteiger partial charge < -0.3 is 10.6 Å². The Labute approximate surface area is 179 Å². The molecule has 0 aromatic carbocycles. The molecule has 0 bridgehead atoms. The molecule has 2 aliphatic heterocycles. The zero-order valence-corrected chi connectivity index (χ0v) is 18.3. The molecular formula is C18H30Cl2N4O3S. The molecule has 2 aliphatic rings. The number of nitrogens with zero attached hydrogens (tertiary/aromatic N) is 2. The number of hydrogen-bond donors (Lipinski definition) is 2. The van der Waals surface area contributed by atoms with Crippen LogP contribution in [0.1, 0.15) is 32.1 Å². The molecule has 10 heteroatoms. The van der Waals surface area contributed by atoms with Crippen molar-refractivity contribution >= 4 is 40.7 Å². The number of rotatable bonds is 6. The van der Waals surface area contributed by atoms with Gasteiger partial charge in [-0.25, -0.2) is 8.42 Å². The number of piperidine rings is 2. The second kappa shape index (κ2) is 11.9. The maximum atomic E-state index is 12.6. The highest BCUT2D eigenvalue weighted by Crippen LogP contribution is 2.23. The van der Waals surface area contributed by atoms with Gasteiger partial charge in [0.15, 0.2) is 0 Å². The van der Waals surface area contributed by atoms with Crippen LogP contribution in [0.4, 0.5) is 0 Å². The molecule has 2 fully saturated rings. The van der Waals surface area contributed by atoms with Gasteiger partial charge in [0, 0.05) is 37.9 Å². The molecule has 3 heterocycles. The Hall–Kier alpha value is -0.930. The number of sulfonamides is 1. The fraction of sp³-hybridized carbons (Fsp3) is 0.667. The standard InChI is InChI=1S/C18H28N4O3S.2ClH/c23-18(21-10-5-15-3-1-8-19-13-15)16-6-11-22(12-7-16)26(24,25)17-4-2-9-20-14-17;;/h2,4,9,14-16,19H,1,3,5-8,10-13H2,(H,21,23);2*1H. The van der Waals surface area contributed by atoms with Gasteiger partial charge in [0.25, 0.3) is 0 Å². The zero-order chi connectivity index (χ0) is 18.4. The minimum absolute atomic E-state index is 0. The van der Waals surface area contributed by atoms with Gasteiger partial charge in [-0.1, -0.05) is 0 Å². The molecule has 0 saturated carbocycles. The van der Waals surface area contributed by atoms with Crippen molar-refractivity contribution in [2.75, 3.05) is 32.7 Å². The Morgan fingerprint density at radius 1 is 1.25 bits per heavy atom. The predicted molar refractivity (Wildman–Crippen MR) is 113 cm³/mol. The molecular weight excluding hydrogens is 423 g/mol. The molecule has 2 N–H and O–H groups in total. The summed E-state index contributed by atoms with van der Waals surface area (Å²) in [7, 11) is -3.51. The molecule has 28 heavy (non-hydrogen) atoms. The molecule has 2 saturated heterocycles. The molecule has 0 radical (unpaired) electrons. The Morgan fingerprint density at radius 3 is 2.61 bits per heavy atom. The van der Waals surface area contributed by atoms with E-state index in [1.807, 2.05) is 0 Å². The monoisotopic (exact) mass is 452 g/mol. The highest BCUT2D eigenvalue weighted by Gasteiger charge is 2.32. The van der Waals surface area contributed by atoms with Crippen LogP contribution >= 0.6 is 24.8 Å². The highest BCUT2D eigenvalue weighted by molar-refractivity contribution is 7.89. The minimum atomic E-state index is -3.51. The van der Waals surface area contributed by atoms with Crippen molar-refractivity contribution in [1.82, 2.24) is 19.9 Å². The fourth-order valence-electron chi connectivity index (χ4n) is 3.72. The van der Waals surface area contributed by atoms with Crippen LogP contribution in [0.15, 0.2) is 29.4 Å². The molecule has 1 unspecified atom stereocenters. The van der Waals surface area contributed by atoms with Crippen molar-refractivity contribution in [2.45, 2.75) is 37.0 Å². The molecule has 1 aromatic rings. The number of nitrogens with one attached hydrogen (secondary N) is 2. The summed E-state index contributed by atoms with van der Waals surface area (Å²) in [5, 5.41) is 6.43. The normalized spacial score (nSPS) is 21.2. The van der Waals surface area contributed by atoms with E-state index < -0.39 is 10.0 Å². The van der Waals surface area contributed by atoms with Gasteiger partial charge in [-0.2, -0.15) is 4.31 Å². The maximum absolute atomic E-state index is 12.6. The number of amides is 1. The Balaban J connectivity index is 0.00000196. The lowest BCUT2D eigenvalue weighted by molar-refractivity contribution is -0.126. The largest absolute Gasteiger partial charge is 0.356 e. The third-order valence-electron chi connectivity index (χ3n) is 5.35. The van der Waals surface area contributed by atoms with Gasteiger partial charge in [-0.05, 0) is 63.2 Å². The minimum Gasteiger partial charge on any atom is -0.356 e. The van der Waals surface area contributed by atoms with E-state index in [0.717, 1.165) is 19.5 Å². The number of pyridine rings is 1. The van der Waals surface area contributed by atoms with Crippen LogP contribution in [0, 0.1) is 11.8 Å². The first kappa shape index (κ1) is 25.1. The summed E-state index contributed by atoms with van der Waals surface area (Å²) in [5.74, 6) is 0.613. The molecule has 3 rings (SSSR count). The van der Waals surface area contributed by atoms with Crippen molar-refractivity contribution in [2.24, 2.45) is 11.8 Å². The van der Waals surface area contributed by atoms with Gasteiger partial charge in [-0.15, -0.1) is 24.8 Å². The first-order valence-electron chi connectivity index (χ1n) is 9.46. The number of hydrogen-bond acceptors (Lipinski definition) is 5. The van der Waals surface area contributed by atoms with Crippen LogP contribution in [0.5, 0.6) is 0 Å². The van der Waals surface area contributed by atoms with Crippen LogP contribution in [0.3, 0.4) is 0 Å². The van der Waals surface area contributed by atoms with E-state index in [2.05, 4.69) is 15.6 Å². The first-order chi connectivity index (χ1) is 12.6. The lowest BCUT2D eigenvalue weighted by Gasteiger charge is -2.30. The summed E-state index contributed by atoms with van der Waals surface area (Å²) >= 11 is 0. The van der Waals surface area contributed by atoms with E-state index in [9.17, 15) is 13.2 Å². The van der Waals surface area contributed by atoms with E-state index in [1.54, 1.807) is 18.3 Å². The van der Waals surface area contributed by atoms with Crippen LogP contribution in [-0.2, 0) is 14.8 Å². The van der Waals surface area contributed by atoms with Gasteiger partial charge in [0.1, 0.15) is 4.90 Å². The predicted octanol–water partition coefficient (Wildman–Crippen LogP) is 1.83. The number of halogens is 2. The van der Waals surface area contributed by atoms with Crippen LogP contribution < -0.4 is 10.6 Å². The molecule has 1 atom stereocenters. The zero-order valence-electron chi connectivity index (χ0n) is 15.9. The topological polar surface area (TPSA) is 91.4 Å². The lowest BCUT2D eigenvalue weighted by atomic mass is 9.95. The van der Waals surface area contributed by atoms with Crippen molar-refractivity contribution in [3.63, 3.8) is 0 Å². The Kier molecular flexibility index (Phi) is 10.7. The molecule has 160 valence electrons. The van der Waals surface area contributed by atoms with Gasteiger partial charge >= 0.3 is 0 Å². The fourth-order valence-corrected chi connectivity index (χ4v) is 5.16. The first-order valence-corrected chi connectivity index (χ1v) is 10.9. The summed E-state index contributed by atoms with van der Waals surface area (Å²) in [6.45, 7) is 3.60. The number of carbonyl (C=O) groups excluding carboxylic acids is 1. The second-order valence-corrected chi connectivity index (χ2v) is 9.10. The average molecular weight is 453 g/mol. The summed E-state index contributed by atoms with van der Waals surface area (Å²) in [6, 6.07) is 3.18. The van der Waals surface area contributed by atoms with Crippen molar-refractivity contribution < 1.29 is 13.2 Å². The van der Waals surface area contributed by atoms with Gasteiger partial charge in [0.2, 0.25) is 15.9 Å². The molecule has 1 aromatic heterocycles. The smallest absolute Gasteiger partial charge is 0.244 e. The van der Waals surface area contributed by atoms with Crippen LogP contribution in [0.25, 0.3) is 0 Å². The number of carbonyl (C=O) groups is 1. The summed E-state index contributed by atoms with van der Waals surface area (Å²) in [4.78, 5) is 16.5. The van der Waals surface area contributed by atoms with Crippen molar-refractivity contribution in [3.8, 4) is 0 Å². The molecule has 1 amide bonds. The third-order valence-corrected chi connectivity index (χ3v) is 7.23. The quantitative estimate of drug-likeness (QED) is 0.686. The SMILES string of the molecule is Cl.Cl.O=C(NCCC1CCCNC1)C1CCN(S(=O)(=O)c2cccnc2)CC1. The summed E-state index contributed by atoms with van der Waals surface area (Å²) < 4.78 is 26.6. The van der Waals surface area contributed by atoms with E-state index in [-0.39, 0.29) is 41.5 Å². The van der Waals surface area contributed by atoms with E-state index >= 15 is 0 Å². The third kappa shape index (κ3) is 6.56. The van der Waals surface area contributed by atoms with Crippen LogP contribution in [0.2, 0.25) is 0 Å². The van der Waals surface area contributed by atoms with Crippen molar-refractivity contribution in [3.05, 3.63) is 24.5 Å². The second-order valence-electron chi connectivity index (χ2n) is 7.16. The van der Waals surface area contributed by atoms with Crippen molar-refractivity contribution in [1.29, 1.82) is 0 Å². The highest BCUT2D eigenvalue weighted by atomic mass is 35.5. The molecule has 7 nitrogen and oxygen atoms in total. The number of aromatic nitrogens is 1. The Bertz CT molecular complexity index is 692. The van der Waals surface area contributed by atoms with Gasteiger partial charge in [0.05, 0.1) is 0 Å². The Morgan fingerprint density at radius 2 is 2.00 bits per heavy atom. The average Bonchev–Trinajstić information content (AvgIpc) is 2.69. The molecule has 0 aliphatic carbocycles. The van der Waals surface area contributed by atoms with E-state index in [0.29, 0.717) is 38.4 Å². The lowest BCUT2D eigenvalue weighted by Crippen LogP contribution is -2.43. The summed E-state index contributed by atoms with van der Waals surface area (Å²) in [6.07, 6.45) is 7.50. The maximum Gasteiger partial charge on any atom is 0.244 e. The van der Waals surface area contributed by atoms with Crippen LogP contribution in [-0.4, -0.2) is 56.3 Å². The van der Waals surface area contributed by atoms with Gasteiger partial charge in [-0.3, -0.25) is 9.78 Å². The van der Waals surface area contributed by atoms with E-state index in [4.69, 9.17) is 0 Å². The summed E-state index contributed by atoms with van der Waals surface area (Å²) in [5.41, 5.74) is 0.